The van der Waals surface area contributed by atoms with Crippen LogP contribution in [0.3, 0.4) is 0 Å². The summed E-state index contributed by atoms with van der Waals surface area (Å²) in [5.74, 6) is 0.584. The number of halogens is 2. The van der Waals surface area contributed by atoms with Gasteiger partial charge in [0.2, 0.25) is 0 Å². The Balaban J connectivity index is 1.78. The Labute approximate surface area is 210 Å². The summed E-state index contributed by atoms with van der Waals surface area (Å²) >= 11 is 6.94. The van der Waals surface area contributed by atoms with Crippen LogP contribution in [0.1, 0.15) is 29.7 Å². The zero-order valence-corrected chi connectivity index (χ0v) is 21.3. The summed E-state index contributed by atoms with van der Waals surface area (Å²) in [6, 6.07) is 22.7. The third kappa shape index (κ3) is 6.70. The van der Waals surface area contributed by atoms with Gasteiger partial charge in [0.05, 0.1) is 17.6 Å². The maximum absolute atomic E-state index is 12.7. The van der Waals surface area contributed by atoms with Gasteiger partial charge in [0.25, 0.3) is 5.91 Å². The molecule has 1 atom stereocenters. The molecule has 0 aromatic heterocycles. The molecule has 168 valence electrons. The minimum absolute atomic E-state index is 0.00438. The van der Waals surface area contributed by atoms with Gasteiger partial charge in [0.1, 0.15) is 18.2 Å². The maximum atomic E-state index is 12.7. The van der Waals surface area contributed by atoms with Crippen molar-refractivity contribution >= 4 is 43.8 Å². The van der Waals surface area contributed by atoms with Gasteiger partial charge in [0, 0.05) is 4.47 Å². The summed E-state index contributed by atoms with van der Waals surface area (Å²) in [6.45, 7) is 2.24. The number of nitrogens with one attached hydrogen (secondary N) is 1. The van der Waals surface area contributed by atoms with Gasteiger partial charge in [-0.1, -0.05) is 58.4 Å². The molecule has 1 amide bonds. The van der Waals surface area contributed by atoms with E-state index in [0.717, 1.165) is 15.6 Å². The van der Waals surface area contributed by atoms with Crippen molar-refractivity contribution in [3.63, 3.8) is 0 Å². The van der Waals surface area contributed by atoms with E-state index in [2.05, 4.69) is 37.2 Å². The van der Waals surface area contributed by atoms with Crippen molar-refractivity contribution in [1.82, 2.24) is 5.32 Å². The molecular weight excluding hydrogens is 548 g/mol. The number of carbonyl (C=O) groups excluding carboxylic acids is 1. The van der Waals surface area contributed by atoms with Crippen LogP contribution in [0.5, 0.6) is 11.5 Å². The first-order chi connectivity index (χ1) is 15.9. The highest BCUT2D eigenvalue weighted by atomic mass is 79.9. The van der Waals surface area contributed by atoms with Crippen LogP contribution in [0.15, 0.2) is 81.2 Å². The topological polar surface area (TPSA) is 71.3 Å². The predicted octanol–water partition coefficient (Wildman–Crippen LogP) is 6.58. The molecule has 0 aliphatic heterocycles. The average Bonchev–Trinajstić information content (AvgIpc) is 2.83. The number of ether oxygens (including phenoxy) is 2. The lowest BCUT2D eigenvalue weighted by Crippen LogP contribution is -2.27. The Bertz CT molecular complexity index is 1190. The van der Waals surface area contributed by atoms with E-state index in [1.165, 1.54) is 6.08 Å². The van der Waals surface area contributed by atoms with Gasteiger partial charge in [-0.2, -0.15) is 5.26 Å². The minimum atomic E-state index is -0.445. The van der Waals surface area contributed by atoms with E-state index in [9.17, 15) is 10.1 Å². The van der Waals surface area contributed by atoms with Crippen LogP contribution in [0.4, 0.5) is 0 Å². The zero-order chi connectivity index (χ0) is 23.8. The van der Waals surface area contributed by atoms with Crippen LogP contribution in [-0.2, 0) is 11.4 Å². The maximum Gasteiger partial charge on any atom is 0.262 e. The van der Waals surface area contributed by atoms with E-state index in [1.54, 1.807) is 19.2 Å². The van der Waals surface area contributed by atoms with Gasteiger partial charge in [-0.3, -0.25) is 4.79 Å². The first-order valence-corrected chi connectivity index (χ1v) is 11.7. The summed E-state index contributed by atoms with van der Waals surface area (Å²) in [4.78, 5) is 12.7. The Kier molecular flexibility index (Phi) is 8.70. The monoisotopic (exact) mass is 568 g/mol. The number of nitriles is 1. The first-order valence-electron chi connectivity index (χ1n) is 10.1. The number of nitrogens with zero attached hydrogens (tertiary/aromatic N) is 1. The Morgan fingerprint density at radius 2 is 1.82 bits per heavy atom. The summed E-state index contributed by atoms with van der Waals surface area (Å²) < 4.78 is 13.1. The molecule has 0 unspecified atom stereocenters. The van der Waals surface area contributed by atoms with Crippen LogP contribution in [-0.4, -0.2) is 13.0 Å². The largest absolute Gasteiger partial charge is 0.493 e. The molecule has 0 bridgehead atoms. The lowest BCUT2D eigenvalue weighted by molar-refractivity contribution is -0.117. The molecule has 3 aromatic rings. The van der Waals surface area contributed by atoms with Crippen LogP contribution in [0.2, 0.25) is 0 Å². The molecule has 0 spiro atoms. The second-order valence-electron chi connectivity index (χ2n) is 7.22. The van der Waals surface area contributed by atoms with Crippen molar-refractivity contribution in [2.75, 3.05) is 7.11 Å². The van der Waals surface area contributed by atoms with Gasteiger partial charge in [-0.15, -0.1) is 0 Å². The van der Waals surface area contributed by atoms with Crippen molar-refractivity contribution < 1.29 is 14.3 Å². The molecule has 0 aliphatic rings. The molecule has 3 rings (SSSR count). The highest BCUT2D eigenvalue weighted by Gasteiger charge is 2.16. The second kappa shape index (κ2) is 11.7. The van der Waals surface area contributed by atoms with Crippen molar-refractivity contribution in [1.29, 1.82) is 5.26 Å². The smallest absolute Gasteiger partial charge is 0.262 e. The molecule has 1 N–H and O–H groups in total. The number of carbonyl (C=O) groups is 1. The van der Waals surface area contributed by atoms with Crippen molar-refractivity contribution in [2.24, 2.45) is 0 Å². The minimum Gasteiger partial charge on any atom is -0.493 e. The Morgan fingerprint density at radius 3 is 2.45 bits per heavy atom. The van der Waals surface area contributed by atoms with E-state index in [-0.39, 0.29) is 11.6 Å². The van der Waals surface area contributed by atoms with Crippen molar-refractivity contribution in [2.45, 2.75) is 19.6 Å². The van der Waals surface area contributed by atoms with Gasteiger partial charge < -0.3 is 14.8 Å². The molecule has 3 aromatic carbocycles. The molecule has 0 aliphatic carbocycles. The molecule has 33 heavy (non-hydrogen) atoms. The molecule has 0 heterocycles. The molecule has 0 radical (unpaired) electrons. The third-order valence-corrected chi connectivity index (χ3v) is 5.99. The SMILES string of the molecule is COc1cc(/C=C(\C#N)C(=O)N[C@@H](C)c2ccccc2)cc(Br)c1OCc1ccc(Br)cc1. The Hall–Kier alpha value is -3.08. The molecule has 5 nitrogen and oxygen atoms in total. The molecule has 7 heteroatoms. The van der Waals surface area contributed by atoms with Gasteiger partial charge in [-0.05, 0) is 69.9 Å². The van der Waals surface area contributed by atoms with E-state index in [0.29, 0.717) is 28.1 Å². The van der Waals surface area contributed by atoms with E-state index >= 15 is 0 Å². The predicted molar refractivity (Wildman–Crippen MR) is 136 cm³/mol. The number of benzene rings is 3. The molecule has 0 saturated heterocycles. The lowest BCUT2D eigenvalue weighted by atomic mass is 10.1. The highest BCUT2D eigenvalue weighted by Crippen LogP contribution is 2.38. The van der Waals surface area contributed by atoms with E-state index in [4.69, 9.17) is 9.47 Å². The van der Waals surface area contributed by atoms with Crippen molar-refractivity contribution in [3.8, 4) is 17.6 Å². The first kappa shape index (κ1) is 24.6. The molecule has 0 fully saturated rings. The number of rotatable bonds is 8. The summed E-state index contributed by atoms with van der Waals surface area (Å²) in [5.41, 5.74) is 2.59. The normalized spacial score (nSPS) is 11.9. The quantitative estimate of drug-likeness (QED) is 0.245. The molecular formula is C26H22Br2N2O3. The lowest BCUT2D eigenvalue weighted by Gasteiger charge is -2.15. The number of hydrogen-bond acceptors (Lipinski definition) is 4. The van der Waals surface area contributed by atoms with Crippen molar-refractivity contribution in [3.05, 3.63) is 97.9 Å². The average molecular weight is 570 g/mol. The number of hydrogen-bond donors (Lipinski definition) is 1. The number of methoxy groups -OCH3 is 1. The second-order valence-corrected chi connectivity index (χ2v) is 8.99. The Morgan fingerprint density at radius 1 is 1.12 bits per heavy atom. The van der Waals surface area contributed by atoms with Crippen LogP contribution in [0, 0.1) is 11.3 Å². The van der Waals surface area contributed by atoms with Gasteiger partial charge in [-0.25, -0.2) is 0 Å². The fraction of sp³-hybridized carbons (Fsp3) is 0.154. The fourth-order valence-corrected chi connectivity index (χ4v) is 3.95. The van der Waals surface area contributed by atoms with Gasteiger partial charge >= 0.3 is 0 Å². The summed E-state index contributed by atoms with van der Waals surface area (Å²) in [5, 5.41) is 12.4. The molecule has 0 saturated carbocycles. The highest BCUT2D eigenvalue weighted by molar-refractivity contribution is 9.10. The van der Waals surface area contributed by atoms with Gasteiger partial charge in [0.15, 0.2) is 11.5 Å². The van der Waals surface area contributed by atoms with Crippen LogP contribution in [0.25, 0.3) is 6.08 Å². The van der Waals surface area contributed by atoms with Crippen LogP contribution >= 0.6 is 31.9 Å². The third-order valence-electron chi connectivity index (χ3n) is 4.87. The summed E-state index contributed by atoms with van der Waals surface area (Å²) in [7, 11) is 1.54. The standard InChI is InChI=1S/C26H22Br2N2O3/c1-17(20-6-4-3-5-7-20)30-26(31)21(15-29)12-19-13-23(28)25(24(14-19)32-2)33-16-18-8-10-22(27)11-9-18/h3-14,17H,16H2,1-2H3,(H,30,31)/b21-12+/t17-/m0/s1. The van der Waals surface area contributed by atoms with Crippen LogP contribution < -0.4 is 14.8 Å². The summed E-state index contributed by atoms with van der Waals surface area (Å²) in [6.07, 6.45) is 1.53. The van der Waals surface area contributed by atoms with E-state index in [1.807, 2.05) is 67.6 Å². The van der Waals surface area contributed by atoms with E-state index < -0.39 is 5.91 Å². The fourth-order valence-electron chi connectivity index (χ4n) is 3.11. The number of amides is 1. The zero-order valence-electron chi connectivity index (χ0n) is 18.1.